The Kier molecular flexibility index (Phi) is 3.57. The first-order chi connectivity index (χ1) is 9.33. The van der Waals surface area contributed by atoms with Gasteiger partial charge < -0.3 is 14.9 Å². The van der Waals surface area contributed by atoms with Crippen LogP contribution in [-0.4, -0.2) is 22.9 Å². The van der Waals surface area contributed by atoms with Crippen LogP contribution < -0.4 is 5.73 Å². The van der Waals surface area contributed by atoms with Gasteiger partial charge in [0.2, 0.25) is 11.8 Å². The summed E-state index contributed by atoms with van der Waals surface area (Å²) in [7, 11) is 0. The fraction of sp³-hybridized carbons (Fsp3) is 0.429. The fourth-order valence-corrected chi connectivity index (χ4v) is 2.28. The van der Waals surface area contributed by atoms with Crippen LogP contribution in [0.1, 0.15) is 36.2 Å². The van der Waals surface area contributed by atoms with E-state index < -0.39 is 0 Å². The van der Waals surface area contributed by atoms with Crippen molar-refractivity contribution in [3.8, 4) is 0 Å². The summed E-state index contributed by atoms with van der Waals surface area (Å²) in [5.41, 5.74) is 7.08. The Morgan fingerprint density at radius 3 is 2.84 bits per heavy atom. The van der Waals surface area contributed by atoms with E-state index in [4.69, 9.17) is 14.9 Å². The van der Waals surface area contributed by atoms with Crippen molar-refractivity contribution in [1.82, 2.24) is 10.2 Å². The van der Waals surface area contributed by atoms with Gasteiger partial charge in [-0.05, 0) is 18.4 Å². The molecule has 0 spiro atoms. The highest BCUT2D eigenvalue weighted by Crippen LogP contribution is 2.20. The number of rotatable bonds is 4. The second kappa shape index (κ2) is 5.50. The van der Waals surface area contributed by atoms with Gasteiger partial charge in [0.25, 0.3) is 0 Å². The van der Waals surface area contributed by atoms with Crippen LogP contribution in [0.4, 0.5) is 0 Å². The predicted molar refractivity (Wildman–Crippen MR) is 69.4 cm³/mol. The minimum atomic E-state index is -0.369. The van der Waals surface area contributed by atoms with Gasteiger partial charge in [-0.15, -0.1) is 10.2 Å². The molecule has 1 aliphatic rings. The zero-order valence-corrected chi connectivity index (χ0v) is 10.7. The molecular formula is C14H17N3O2. The fourth-order valence-electron chi connectivity index (χ4n) is 2.28. The highest BCUT2D eigenvalue weighted by atomic mass is 16.5. The standard InChI is InChI=1S/C14H17N3O2/c15-13(10-5-2-1-3-6-10)14-17-16-12(19-14)9-11-7-4-8-18-11/h1-3,5-6,11,13H,4,7-9,15H2. The second-order valence-electron chi connectivity index (χ2n) is 4.76. The Morgan fingerprint density at radius 2 is 2.11 bits per heavy atom. The lowest BCUT2D eigenvalue weighted by atomic mass is 10.1. The zero-order valence-electron chi connectivity index (χ0n) is 10.7. The summed E-state index contributed by atoms with van der Waals surface area (Å²) < 4.78 is 11.2. The van der Waals surface area contributed by atoms with Crippen molar-refractivity contribution >= 4 is 0 Å². The Bertz CT molecular complexity index is 520. The third-order valence-corrected chi connectivity index (χ3v) is 3.33. The Balaban J connectivity index is 1.70. The minimum Gasteiger partial charge on any atom is -0.423 e. The smallest absolute Gasteiger partial charge is 0.237 e. The van der Waals surface area contributed by atoms with Crippen LogP contribution in [0.15, 0.2) is 34.7 Å². The Labute approximate surface area is 111 Å². The van der Waals surface area contributed by atoms with E-state index in [-0.39, 0.29) is 12.1 Å². The van der Waals surface area contributed by atoms with Crippen LogP contribution in [0.3, 0.4) is 0 Å². The molecule has 2 heterocycles. The molecule has 0 radical (unpaired) electrons. The molecule has 2 N–H and O–H groups in total. The average molecular weight is 259 g/mol. The highest BCUT2D eigenvalue weighted by molar-refractivity contribution is 5.22. The lowest BCUT2D eigenvalue weighted by Gasteiger charge is -2.07. The molecular weight excluding hydrogens is 242 g/mol. The van der Waals surface area contributed by atoms with Crippen LogP contribution >= 0.6 is 0 Å². The van der Waals surface area contributed by atoms with Crippen molar-refractivity contribution in [1.29, 1.82) is 0 Å². The van der Waals surface area contributed by atoms with Gasteiger partial charge in [0, 0.05) is 6.61 Å². The lowest BCUT2D eigenvalue weighted by Crippen LogP contribution is -2.12. The number of hydrogen-bond acceptors (Lipinski definition) is 5. The SMILES string of the molecule is NC(c1ccccc1)c1nnc(CC2CCCO2)o1. The van der Waals surface area contributed by atoms with E-state index in [0.29, 0.717) is 18.2 Å². The van der Waals surface area contributed by atoms with Gasteiger partial charge in [0.15, 0.2) is 0 Å². The molecule has 2 atom stereocenters. The largest absolute Gasteiger partial charge is 0.423 e. The summed E-state index contributed by atoms with van der Waals surface area (Å²) >= 11 is 0. The molecule has 0 saturated carbocycles. The average Bonchev–Trinajstić information content (AvgIpc) is 3.11. The van der Waals surface area contributed by atoms with Crippen molar-refractivity contribution in [2.45, 2.75) is 31.4 Å². The van der Waals surface area contributed by atoms with Crippen molar-refractivity contribution in [3.05, 3.63) is 47.7 Å². The van der Waals surface area contributed by atoms with Crippen molar-refractivity contribution in [2.75, 3.05) is 6.61 Å². The first-order valence-corrected chi connectivity index (χ1v) is 6.57. The normalized spacial score (nSPS) is 20.6. The number of benzene rings is 1. The molecule has 0 aliphatic carbocycles. The van der Waals surface area contributed by atoms with Crippen molar-refractivity contribution in [2.24, 2.45) is 5.73 Å². The number of nitrogens with two attached hydrogens (primary N) is 1. The maximum Gasteiger partial charge on any atom is 0.237 e. The third kappa shape index (κ3) is 2.83. The van der Waals surface area contributed by atoms with Gasteiger partial charge in [-0.25, -0.2) is 0 Å². The molecule has 0 bridgehead atoms. The molecule has 5 nitrogen and oxygen atoms in total. The Morgan fingerprint density at radius 1 is 1.26 bits per heavy atom. The van der Waals surface area contributed by atoms with E-state index in [1.807, 2.05) is 30.3 Å². The van der Waals surface area contributed by atoms with E-state index in [2.05, 4.69) is 10.2 Å². The summed E-state index contributed by atoms with van der Waals surface area (Å²) in [6, 6.07) is 9.38. The molecule has 1 saturated heterocycles. The first-order valence-electron chi connectivity index (χ1n) is 6.57. The van der Waals surface area contributed by atoms with Gasteiger partial charge >= 0.3 is 0 Å². The molecule has 1 aliphatic heterocycles. The van der Waals surface area contributed by atoms with E-state index in [1.54, 1.807) is 0 Å². The van der Waals surface area contributed by atoms with Gasteiger partial charge in [0.1, 0.15) is 6.04 Å². The van der Waals surface area contributed by atoms with Gasteiger partial charge in [-0.2, -0.15) is 0 Å². The third-order valence-electron chi connectivity index (χ3n) is 3.33. The summed E-state index contributed by atoms with van der Waals surface area (Å²) in [5.74, 6) is 1.06. The topological polar surface area (TPSA) is 74.2 Å². The van der Waals surface area contributed by atoms with E-state index >= 15 is 0 Å². The summed E-state index contributed by atoms with van der Waals surface area (Å²) in [5, 5.41) is 8.09. The van der Waals surface area contributed by atoms with E-state index in [1.165, 1.54) is 0 Å². The van der Waals surface area contributed by atoms with Crippen LogP contribution in [0.5, 0.6) is 0 Å². The Hall–Kier alpha value is -1.72. The maximum atomic E-state index is 6.11. The maximum absolute atomic E-state index is 6.11. The summed E-state index contributed by atoms with van der Waals surface area (Å²) in [6.45, 7) is 0.829. The summed E-state index contributed by atoms with van der Waals surface area (Å²) in [4.78, 5) is 0. The predicted octanol–water partition coefficient (Wildman–Crippen LogP) is 1.84. The molecule has 0 amide bonds. The second-order valence-corrected chi connectivity index (χ2v) is 4.76. The van der Waals surface area contributed by atoms with Crippen molar-refractivity contribution in [3.63, 3.8) is 0 Å². The molecule has 3 rings (SSSR count). The van der Waals surface area contributed by atoms with Crippen LogP contribution in [0.25, 0.3) is 0 Å². The summed E-state index contributed by atoms with van der Waals surface area (Å²) in [6.07, 6.45) is 3.05. The molecule has 5 heteroatoms. The quantitative estimate of drug-likeness (QED) is 0.906. The first kappa shape index (κ1) is 12.3. The number of nitrogens with zero attached hydrogens (tertiary/aromatic N) is 2. The molecule has 1 aromatic heterocycles. The van der Waals surface area contributed by atoms with E-state index in [9.17, 15) is 0 Å². The van der Waals surface area contributed by atoms with Gasteiger partial charge in [-0.3, -0.25) is 0 Å². The lowest BCUT2D eigenvalue weighted by molar-refractivity contribution is 0.105. The highest BCUT2D eigenvalue weighted by Gasteiger charge is 2.21. The molecule has 1 aromatic carbocycles. The van der Waals surface area contributed by atoms with Gasteiger partial charge in [0.05, 0.1) is 12.5 Å². The molecule has 19 heavy (non-hydrogen) atoms. The van der Waals surface area contributed by atoms with E-state index in [0.717, 1.165) is 25.0 Å². The molecule has 100 valence electrons. The number of aromatic nitrogens is 2. The minimum absolute atomic E-state index is 0.209. The van der Waals surface area contributed by atoms with Gasteiger partial charge in [-0.1, -0.05) is 30.3 Å². The van der Waals surface area contributed by atoms with Crippen LogP contribution in [-0.2, 0) is 11.2 Å². The van der Waals surface area contributed by atoms with Crippen LogP contribution in [0.2, 0.25) is 0 Å². The number of hydrogen-bond donors (Lipinski definition) is 1. The molecule has 2 unspecified atom stereocenters. The van der Waals surface area contributed by atoms with Crippen LogP contribution in [0, 0.1) is 0 Å². The monoisotopic (exact) mass is 259 g/mol. The number of ether oxygens (including phenoxy) is 1. The molecule has 1 fully saturated rings. The zero-order chi connectivity index (χ0) is 13.1. The molecule has 2 aromatic rings. The van der Waals surface area contributed by atoms with Crippen molar-refractivity contribution < 1.29 is 9.15 Å².